The van der Waals surface area contributed by atoms with Crippen LogP contribution < -0.4 is 10.1 Å². The van der Waals surface area contributed by atoms with E-state index in [4.69, 9.17) is 16.3 Å². The molecule has 3 atom stereocenters. The minimum atomic E-state index is -0.501. The minimum absolute atomic E-state index is 0.0865. The van der Waals surface area contributed by atoms with E-state index in [-0.39, 0.29) is 17.9 Å². The first-order valence-electron chi connectivity index (χ1n) is 6.94. The first-order valence-corrected chi connectivity index (χ1v) is 7.32. The molecule has 0 spiro atoms. The Morgan fingerprint density at radius 3 is 3.00 bits per heavy atom. The Kier molecular flexibility index (Phi) is 5.26. The predicted molar refractivity (Wildman–Crippen MR) is 77.9 cm³/mol. The number of carbonyl (C=O) groups is 1. The highest BCUT2D eigenvalue weighted by molar-refractivity contribution is 6.30. The zero-order chi connectivity index (χ0) is 14.5. The van der Waals surface area contributed by atoms with Crippen molar-refractivity contribution in [3.8, 4) is 5.75 Å². The lowest BCUT2D eigenvalue weighted by molar-refractivity contribution is -0.127. The first kappa shape index (κ1) is 15.1. The number of hydrogen-bond acceptors (Lipinski definition) is 3. The van der Waals surface area contributed by atoms with Crippen molar-refractivity contribution >= 4 is 17.5 Å². The van der Waals surface area contributed by atoms with Crippen LogP contribution in [0, 0.1) is 5.92 Å². The molecule has 0 radical (unpaired) electrons. The minimum Gasteiger partial charge on any atom is -0.489 e. The monoisotopic (exact) mass is 297 g/mol. The molecule has 110 valence electrons. The fraction of sp³-hybridized carbons (Fsp3) is 0.533. The van der Waals surface area contributed by atoms with Gasteiger partial charge in [-0.05, 0) is 44.4 Å². The predicted octanol–water partition coefficient (Wildman–Crippen LogP) is 2.38. The van der Waals surface area contributed by atoms with Gasteiger partial charge in [0.15, 0.2) is 0 Å². The Labute approximate surface area is 124 Å². The van der Waals surface area contributed by atoms with Crippen LogP contribution in [0.25, 0.3) is 0 Å². The molecule has 2 N–H and O–H groups in total. The van der Waals surface area contributed by atoms with Gasteiger partial charge >= 0.3 is 0 Å². The number of amides is 1. The van der Waals surface area contributed by atoms with E-state index >= 15 is 0 Å². The summed E-state index contributed by atoms with van der Waals surface area (Å²) >= 11 is 5.88. The Balaban J connectivity index is 1.77. The lowest BCUT2D eigenvalue weighted by Gasteiger charge is -2.18. The Hall–Kier alpha value is -1.26. The highest BCUT2D eigenvalue weighted by Gasteiger charge is 2.31. The van der Waals surface area contributed by atoms with Gasteiger partial charge in [0.2, 0.25) is 5.91 Å². The summed E-state index contributed by atoms with van der Waals surface area (Å²) in [5.74, 6) is 0.324. The van der Waals surface area contributed by atoms with Gasteiger partial charge in [0.25, 0.3) is 0 Å². The molecule has 4 nitrogen and oxygen atoms in total. The topological polar surface area (TPSA) is 58.6 Å². The van der Waals surface area contributed by atoms with Gasteiger partial charge in [0.1, 0.15) is 11.9 Å². The van der Waals surface area contributed by atoms with Crippen molar-refractivity contribution in [3.63, 3.8) is 0 Å². The number of aliphatic hydroxyl groups is 1. The average molecular weight is 298 g/mol. The van der Waals surface area contributed by atoms with Crippen molar-refractivity contribution in [3.05, 3.63) is 29.3 Å². The van der Waals surface area contributed by atoms with Gasteiger partial charge in [0.05, 0.1) is 18.6 Å². The summed E-state index contributed by atoms with van der Waals surface area (Å²) in [6, 6.07) is 7.16. The number of carbonyl (C=O) groups excluding carboxylic acids is 1. The third-order valence-electron chi connectivity index (χ3n) is 3.51. The van der Waals surface area contributed by atoms with Crippen molar-refractivity contribution in [1.29, 1.82) is 0 Å². The fourth-order valence-electron chi connectivity index (χ4n) is 2.44. The summed E-state index contributed by atoms with van der Waals surface area (Å²) in [5.41, 5.74) is 0. The number of rotatable bonds is 5. The van der Waals surface area contributed by atoms with Crippen LogP contribution in [0.1, 0.15) is 26.2 Å². The van der Waals surface area contributed by atoms with Gasteiger partial charge in [-0.1, -0.05) is 17.7 Å². The molecule has 0 saturated heterocycles. The molecule has 1 aromatic rings. The van der Waals surface area contributed by atoms with E-state index in [2.05, 4.69) is 5.32 Å². The van der Waals surface area contributed by atoms with E-state index in [0.717, 1.165) is 12.8 Å². The molecule has 2 rings (SSSR count). The fourth-order valence-corrected chi connectivity index (χ4v) is 2.62. The van der Waals surface area contributed by atoms with Crippen molar-refractivity contribution in [2.24, 2.45) is 5.92 Å². The molecular formula is C15H20ClNO3. The van der Waals surface area contributed by atoms with Gasteiger partial charge in [-0.2, -0.15) is 0 Å². The van der Waals surface area contributed by atoms with Gasteiger partial charge in [0, 0.05) is 5.02 Å². The normalized spacial score (nSPS) is 23.4. The number of nitrogens with one attached hydrogen (secondary N) is 1. The van der Waals surface area contributed by atoms with Crippen LogP contribution in [0.5, 0.6) is 5.75 Å². The van der Waals surface area contributed by atoms with Crippen LogP contribution in [-0.2, 0) is 4.79 Å². The second-order valence-corrected chi connectivity index (χ2v) is 5.67. The van der Waals surface area contributed by atoms with Gasteiger partial charge in [-0.25, -0.2) is 0 Å². The Morgan fingerprint density at radius 2 is 2.35 bits per heavy atom. The summed E-state index contributed by atoms with van der Waals surface area (Å²) in [6.45, 7) is 2.29. The quantitative estimate of drug-likeness (QED) is 0.877. The van der Waals surface area contributed by atoms with E-state index in [9.17, 15) is 9.90 Å². The standard InChI is InChI=1S/C15H20ClNO3/c1-10(20-12-5-2-4-11(16)8-12)9-17-15(19)13-6-3-7-14(13)18/h2,4-5,8,10,13-14,18H,3,6-7,9H2,1H3,(H,17,19). The number of halogens is 1. The maximum absolute atomic E-state index is 11.9. The highest BCUT2D eigenvalue weighted by Crippen LogP contribution is 2.25. The molecule has 5 heteroatoms. The summed E-state index contributed by atoms with van der Waals surface area (Å²) in [4.78, 5) is 11.9. The first-order chi connectivity index (χ1) is 9.56. The second-order valence-electron chi connectivity index (χ2n) is 5.24. The number of hydrogen-bond donors (Lipinski definition) is 2. The molecule has 3 unspecified atom stereocenters. The third kappa shape index (κ3) is 4.12. The lowest BCUT2D eigenvalue weighted by atomic mass is 10.1. The molecule has 1 aliphatic rings. The van der Waals surface area contributed by atoms with E-state index in [1.807, 2.05) is 19.1 Å². The smallest absolute Gasteiger partial charge is 0.225 e. The molecule has 1 amide bonds. The second kappa shape index (κ2) is 6.95. The Bertz CT molecular complexity index is 466. The van der Waals surface area contributed by atoms with Crippen LogP contribution in [0.3, 0.4) is 0 Å². The molecule has 1 fully saturated rings. The van der Waals surface area contributed by atoms with E-state index in [1.165, 1.54) is 0 Å². The molecule has 1 saturated carbocycles. The summed E-state index contributed by atoms with van der Waals surface area (Å²) in [5, 5.41) is 13.1. The number of ether oxygens (including phenoxy) is 1. The SMILES string of the molecule is CC(CNC(=O)C1CCCC1O)Oc1cccc(Cl)c1. The third-order valence-corrected chi connectivity index (χ3v) is 3.75. The van der Waals surface area contributed by atoms with E-state index in [1.54, 1.807) is 12.1 Å². The van der Waals surface area contributed by atoms with Crippen molar-refractivity contribution in [2.45, 2.75) is 38.4 Å². The number of aliphatic hydroxyl groups excluding tert-OH is 1. The molecule has 0 bridgehead atoms. The molecule has 1 aliphatic carbocycles. The maximum atomic E-state index is 11.9. The van der Waals surface area contributed by atoms with Crippen molar-refractivity contribution < 1.29 is 14.6 Å². The summed E-state index contributed by atoms with van der Waals surface area (Å²) in [7, 11) is 0. The molecule has 0 aliphatic heterocycles. The maximum Gasteiger partial charge on any atom is 0.225 e. The molecule has 1 aromatic carbocycles. The molecule has 20 heavy (non-hydrogen) atoms. The number of benzene rings is 1. The van der Waals surface area contributed by atoms with E-state index in [0.29, 0.717) is 23.7 Å². The lowest BCUT2D eigenvalue weighted by Crippen LogP contribution is -2.39. The molecule has 0 aromatic heterocycles. The van der Waals surface area contributed by atoms with Crippen LogP contribution in [0.2, 0.25) is 5.02 Å². The molecular weight excluding hydrogens is 278 g/mol. The zero-order valence-corrected chi connectivity index (χ0v) is 12.3. The van der Waals surface area contributed by atoms with Gasteiger partial charge < -0.3 is 15.2 Å². The van der Waals surface area contributed by atoms with Crippen molar-refractivity contribution in [1.82, 2.24) is 5.32 Å². The van der Waals surface area contributed by atoms with E-state index < -0.39 is 6.10 Å². The van der Waals surface area contributed by atoms with Gasteiger partial charge in [-0.3, -0.25) is 4.79 Å². The van der Waals surface area contributed by atoms with Crippen LogP contribution in [0.4, 0.5) is 0 Å². The van der Waals surface area contributed by atoms with Crippen LogP contribution in [0.15, 0.2) is 24.3 Å². The van der Waals surface area contributed by atoms with Crippen LogP contribution in [-0.4, -0.2) is 29.8 Å². The van der Waals surface area contributed by atoms with Crippen molar-refractivity contribution in [2.75, 3.05) is 6.54 Å². The highest BCUT2D eigenvalue weighted by atomic mass is 35.5. The average Bonchev–Trinajstić information content (AvgIpc) is 2.82. The largest absolute Gasteiger partial charge is 0.489 e. The van der Waals surface area contributed by atoms with Crippen LogP contribution >= 0.6 is 11.6 Å². The Morgan fingerprint density at radius 1 is 1.55 bits per heavy atom. The molecule has 0 heterocycles. The summed E-state index contributed by atoms with van der Waals surface area (Å²) < 4.78 is 5.67. The van der Waals surface area contributed by atoms with Gasteiger partial charge in [-0.15, -0.1) is 0 Å². The summed E-state index contributed by atoms with van der Waals surface area (Å²) in [6.07, 6.45) is 1.73. The zero-order valence-electron chi connectivity index (χ0n) is 11.5.